The first-order valence-electron chi connectivity index (χ1n) is 8.94. The summed E-state index contributed by atoms with van der Waals surface area (Å²) in [6.07, 6.45) is 3.82. The molecule has 0 aliphatic heterocycles. The van der Waals surface area contributed by atoms with Gasteiger partial charge in [-0.2, -0.15) is 5.10 Å². The molecule has 0 bridgehead atoms. The quantitative estimate of drug-likeness (QED) is 0.695. The second kappa shape index (κ2) is 8.49. The number of ether oxygens (including phenoxy) is 1. The van der Waals surface area contributed by atoms with Gasteiger partial charge in [0.2, 0.25) is 5.91 Å². The predicted octanol–water partition coefficient (Wildman–Crippen LogP) is 3.64. The van der Waals surface area contributed by atoms with E-state index >= 15 is 0 Å². The number of amides is 1. The SMILES string of the molecule is COc1ccc(Cn2ccc(NC(=O)Cc3ccc(C(C)C)cc3)n2)nc1. The lowest BCUT2D eigenvalue weighted by Crippen LogP contribution is -2.15. The van der Waals surface area contributed by atoms with Crippen LogP contribution in [0.5, 0.6) is 5.75 Å². The fourth-order valence-corrected chi connectivity index (χ4v) is 2.70. The fourth-order valence-electron chi connectivity index (χ4n) is 2.70. The van der Waals surface area contributed by atoms with Crippen LogP contribution in [0.1, 0.15) is 36.6 Å². The minimum atomic E-state index is -0.0832. The first-order chi connectivity index (χ1) is 13.0. The number of nitrogens with one attached hydrogen (secondary N) is 1. The zero-order valence-corrected chi connectivity index (χ0v) is 15.8. The Morgan fingerprint density at radius 3 is 2.56 bits per heavy atom. The Morgan fingerprint density at radius 1 is 1.15 bits per heavy atom. The van der Waals surface area contributed by atoms with Crippen LogP contribution in [0, 0.1) is 0 Å². The molecule has 0 spiro atoms. The van der Waals surface area contributed by atoms with Crippen LogP contribution in [-0.2, 0) is 17.8 Å². The topological polar surface area (TPSA) is 69.0 Å². The Kier molecular flexibility index (Phi) is 5.86. The minimum Gasteiger partial charge on any atom is -0.495 e. The van der Waals surface area contributed by atoms with Gasteiger partial charge < -0.3 is 10.1 Å². The highest BCUT2D eigenvalue weighted by Crippen LogP contribution is 2.15. The van der Waals surface area contributed by atoms with Gasteiger partial charge in [0.1, 0.15) is 5.75 Å². The van der Waals surface area contributed by atoms with Crippen molar-refractivity contribution in [2.75, 3.05) is 12.4 Å². The van der Waals surface area contributed by atoms with Crippen molar-refractivity contribution in [3.05, 3.63) is 71.7 Å². The molecule has 2 aromatic heterocycles. The summed E-state index contributed by atoms with van der Waals surface area (Å²) >= 11 is 0. The molecule has 0 atom stereocenters. The van der Waals surface area contributed by atoms with Crippen LogP contribution in [0.15, 0.2) is 54.9 Å². The molecule has 3 aromatic rings. The number of carbonyl (C=O) groups excluding carboxylic acids is 1. The van der Waals surface area contributed by atoms with Gasteiger partial charge in [-0.05, 0) is 29.2 Å². The van der Waals surface area contributed by atoms with Crippen molar-refractivity contribution in [1.82, 2.24) is 14.8 Å². The van der Waals surface area contributed by atoms with Crippen LogP contribution in [0.2, 0.25) is 0 Å². The molecule has 0 aliphatic carbocycles. The van der Waals surface area contributed by atoms with E-state index < -0.39 is 0 Å². The molecule has 6 heteroatoms. The van der Waals surface area contributed by atoms with E-state index in [1.807, 2.05) is 30.5 Å². The molecule has 1 amide bonds. The third-order valence-corrected chi connectivity index (χ3v) is 4.28. The number of benzene rings is 1. The predicted molar refractivity (Wildman–Crippen MR) is 105 cm³/mol. The van der Waals surface area contributed by atoms with Gasteiger partial charge >= 0.3 is 0 Å². The lowest BCUT2D eigenvalue weighted by Gasteiger charge is -2.07. The largest absolute Gasteiger partial charge is 0.495 e. The zero-order chi connectivity index (χ0) is 19.2. The third-order valence-electron chi connectivity index (χ3n) is 4.28. The number of pyridine rings is 1. The van der Waals surface area contributed by atoms with Crippen LogP contribution >= 0.6 is 0 Å². The number of aromatic nitrogens is 3. The third kappa shape index (κ3) is 5.17. The first kappa shape index (κ1) is 18.6. The lowest BCUT2D eigenvalue weighted by atomic mass is 10.0. The number of hydrogen-bond donors (Lipinski definition) is 1. The Bertz CT molecular complexity index is 883. The van der Waals surface area contributed by atoms with Crippen molar-refractivity contribution in [2.24, 2.45) is 0 Å². The number of hydrogen-bond acceptors (Lipinski definition) is 4. The van der Waals surface area contributed by atoms with Crippen LogP contribution in [0.4, 0.5) is 5.82 Å². The van der Waals surface area contributed by atoms with E-state index in [0.717, 1.165) is 11.3 Å². The maximum Gasteiger partial charge on any atom is 0.229 e. The standard InChI is InChI=1S/C21H24N4O2/c1-15(2)17-6-4-16(5-7-17)12-21(26)23-20-10-11-25(24-20)14-18-8-9-19(27-3)13-22-18/h4-11,13,15H,12,14H2,1-3H3,(H,23,24,26). The van der Waals surface area contributed by atoms with E-state index in [-0.39, 0.29) is 5.91 Å². The van der Waals surface area contributed by atoms with Crippen LogP contribution in [0.25, 0.3) is 0 Å². The molecule has 0 saturated heterocycles. The zero-order valence-electron chi connectivity index (χ0n) is 15.8. The Morgan fingerprint density at radius 2 is 1.93 bits per heavy atom. The maximum absolute atomic E-state index is 12.3. The highest BCUT2D eigenvalue weighted by atomic mass is 16.5. The van der Waals surface area contributed by atoms with Crippen molar-refractivity contribution in [3.63, 3.8) is 0 Å². The normalized spacial score (nSPS) is 10.8. The molecule has 6 nitrogen and oxygen atoms in total. The number of nitrogens with zero attached hydrogens (tertiary/aromatic N) is 3. The maximum atomic E-state index is 12.3. The molecule has 140 valence electrons. The average molecular weight is 364 g/mol. The van der Waals surface area contributed by atoms with Crippen molar-refractivity contribution < 1.29 is 9.53 Å². The molecule has 0 unspecified atom stereocenters. The second-order valence-corrected chi connectivity index (χ2v) is 6.71. The summed E-state index contributed by atoms with van der Waals surface area (Å²) in [7, 11) is 1.61. The minimum absolute atomic E-state index is 0.0832. The molecule has 0 aliphatic rings. The van der Waals surface area contributed by atoms with E-state index in [9.17, 15) is 4.79 Å². The molecule has 1 N–H and O–H groups in total. The van der Waals surface area contributed by atoms with E-state index in [1.54, 1.807) is 24.1 Å². The molecule has 0 fully saturated rings. The Hall–Kier alpha value is -3.15. The highest BCUT2D eigenvalue weighted by Gasteiger charge is 2.08. The lowest BCUT2D eigenvalue weighted by molar-refractivity contribution is -0.115. The monoisotopic (exact) mass is 364 g/mol. The molecule has 0 radical (unpaired) electrons. The fraction of sp³-hybridized carbons (Fsp3) is 0.286. The summed E-state index contributed by atoms with van der Waals surface area (Å²) in [6, 6.07) is 13.7. The molecular formula is C21H24N4O2. The van der Waals surface area contributed by atoms with Gasteiger partial charge in [-0.3, -0.25) is 14.5 Å². The van der Waals surface area contributed by atoms with E-state index in [2.05, 4.69) is 41.4 Å². The van der Waals surface area contributed by atoms with E-state index in [0.29, 0.717) is 30.5 Å². The summed E-state index contributed by atoms with van der Waals surface area (Å²) in [5.41, 5.74) is 3.12. The van der Waals surface area contributed by atoms with E-state index in [1.165, 1.54) is 5.56 Å². The van der Waals surface area contributed by atoms with Gasteiger partial charge in [-0.25, -0.2) is 0 Å². The number of carbonyl (C=O) groups is 1. The summed E-state index contributed by atoms with van der Waals surface area (Å²) in [4.78, 5) is 16.6. The van der Waals surface area contributed by atoms with Crippen molar-refractivity contribution >= 4 is 11.7 Å². The van der Waals surface area contributed by atoms with E-state index in [4.69, 9.17) is 4.74 Å². The Labute approximate surface area is 159 Å². The van der Waals surface area contributed by atoms with Crippen molar-refractivity contribution in [2.45, 2.75) is 32.7 Å². The van der Waals surface area contributed by atoms with Gasteiger partial charge in [-0.15, -0.1) is 0 Å². The average Bonchev–Trinajstić information content (AvgIpc) is 3.09. The van der Waals surface area contributed by atoms with Crippen LogP contribution < -0.4 is 10.1 Å². The number of rotatable bonds is 7. The molecule has 0 saturated carbocycles. The Balaban J connectivity index is 1.55. The molecule has 2 heterocycles. The van der Waals surface area contributed by atoms with Crippen molar-refractivity contribution in [3.8, 4) is 5.75 Å². The number of methoxy groups -OCH3 is 1. The highest BCUT2D eigenvalue weighted by molar-refractivity contribution is 5.91. The van der Waals surface area contributed by atoms with Crippen LogP contribution in [-0.4, -0.2) is 27.8 Å². The molecular weight excluding hydrogens is 340 g/mol. The smallest absolute Gasteiger partial charge is 0.229 e. The number of anilines is 1. The van der Waals surface area contributed by atoms with Gasteiger partial charge in [0.15, 0.2) is 5.82 Å². The van der Waals surface area contributed by atoms with Gasteiger partial charge in [0.25, 0.3) is 0 Å². The summed E-state index contributed by atoms with van der Waals surface area (Å²) in [5.74, 6) is 1.65. The van der Waals surface area contributed by atoms with Gasteiger partial charge in [0.05, 0.1) is 32.0 Å². The van der Waals surface area contributed by atoms with Gasteiger partial charge in [-0.1, -0.05) is 38.1 Å². The molecule has 1 aromatic carbocycles. The molecule has 27 heavy (non-hydrogen) atoms. The second-order valence-electron chi connectivity index (χ2n) is 6.71. The summed E-state index contributed by atoms with van der Waals surface area (Å²) < 4.78 is 6.84. The van der Waals surface area contributed by atoms with Gasteiger partial charge in [0, 0.05) is 12.3 Å². The van der Waals surface area contributed by atoms with Crippen molar-refractivity contribution in [1.29, 1.82) is 0 Å². The molecule has 3 rings (SSSR count). The first-order valence-corrected chi connectivity index (χ1v) is 8.94. The summed E-state index contributed by atoms with van der Waals surface area (Å²) in [5, 5.41) is 7.22. The van der Waals surface area contributed by atoms with Crippen LogP contribution in [0.3, 0.4) is 0 Å². The summed E-state index contributed by atoms with van der Waals surface area (Å²) in [6.45, 7) is 4.83.